The van der Waals surface area contributed by atoms with Crippen LogP contribution in [0, 0.1) is 11.8 Å². The molecule has 1 aliphatic carbocycles. The highest BCUT2D eigenvalue weighted by atomic mass is 35.5. The van der Waals surface area contributed by atoms with Crippen molar-refractivity contribution in [2.75, 3.05) is 5.88 Å². The van der Waals surface area contributed by atoms with E-state index in [1.54, 1.807) is 12.2 Å². The summed E-state index contributed by atoms with van der Waals surface area (Å²) in [6.45, 7) is 1.87. The predicted molar refractivity (Wildman–Crippen MR) is 55.9 cm³/mol. The van der Waals surface area contributed by atoms with E-state index >= 15 is 0 Å². The Hall–Kier alpha value is -0.0400. The molecule has 0 aliphatic heterocycles. The number of alkyl halides is 2. The van der Waals surface area contributed by atoms with E-state index in [0.29, 0.717) is 11.8 Å². The van der Waals surface area contributed by atoms with Crippen LogP contribution in [0.1, 0.15) is 32.6 Å². The van der Waals surface area contributed by atoms with E-state index in [2.05, 4.69) is 0 Å². The van der Waals surface area contributed by atoms with Gasteiger partial charge in [-0.2, -0.15) is 0 Å². The van der Waals surface area contributed by atoms with Crippen molar-refractivity contribution in [1.29, 1.82) is 0 Å². The molecule has 0 aromatic rings. The van der Waals surface area contributed by atoms with E-state index in [9.17, 15) is 4.39 Å². The van der Waals surface area contributed by atoms with Crippen LogP contribution in [0.2, 0.25) is 0 Å². The van der Waals surface area contributed by atoms with E-state index in [1.807, 2.05) is 6.92 Å². The fourth-order valence-corrected chi connectivity index (χ4v) is 2.23. The van der Waals surface area contributed by atoms with Crippen molar-refractivity contribution in [2.45, 2.75) is 38.8 Å². The topological polar surface area (TPSA) is 0 Å². The maximum absolute atomic E-state index is 13.6. The van der Waals surface area contributed by atoms with Crippen LogP contribution < -0.4 is 0 Å². The molecule has 0 nitrogen and oxygen atoms in total. The van der Waals surface area contributed by atoms with Gasteiger partial charge in [0.15, 0.2) is 0 Å². The first-order chi connectivity index (χ1) is 6.29. The van der Waals surface area contributed by atoms with Gasteiger partial charge in [-0.25, -0.2) is 4.39 Å². The minimum absolute atomic E-state index is 0.169. The summed E-state index contributed by atoms with van der Waals surface area (Å²) in [5.41, 5.74) is 0. The molecule has 2 atom stereocenters. The number of hydrogen-bond donors (Lipinski definition) is 0. The zero-order valence-electron chi connectivity index (χ0n) is 8.18. The van der Waals surface area contributed by atoms with Crippen LogP contribution in [0.5, 0.6) is 0 Å². The van der Waals surface area contributed by atoms with Gasteiger partial charge in [0.25, 0.3) is 0 Å². The van der Waals surface area contributed by atoms with Crippen LogP contribution >= 0.6 is 11.6 Å². The minimum Gasteiger partial charge on any atom is -0.243 e. The Morgan fingerprint density at radius 3 is 2.62 bits per heavy atom. The molecule has 1 aliphatic rings. The molecule has 1 saturated carbocycles. The van der Waals surface area contributed by atoms with E-state index < -0.39 is 6.17 Å². The van der Waals surface area contributed by atoms with Crippen LogP contribution in [0.15, 0.2) is 12.2 Å². The molecule has 13 heavy (non-hydrogen) atoms. The lowest BCUT2D eigenvalue weighted by Crippen LogP contribution is -2.29. The Bertz CT molecular complexity index is 163. The zero-order chi connectivity index (χ0) is 9.68. The average molecular weight is 205 g/mol. The Kier molecular flexibility index (Phi) is 4.79. The van der Waals surface area contributed by atoms with Crippen molar-refractivity contribution >= 4 is 11.6 Å². The van der Waals surface area contributed by atoms with Gasteiger partial charge in [-0.3, -0.25) is 0 Å². The summed E-state index contributed by atoms with van der Waals surface area (Å²) in [6, 6.07) is 0. The second-order valence-corrected chi connectivity index (χ2v) is 4.18. The van der Waals surface area contributed by atoms with E-state index in [4.69, 9.17) is 11.6 Å². The second-order valence-electron chi connectivity index (χ2n) is 3.80. The molecule has 0 spiro atoms. The van der Waals surface area contributed by atoms with Crippen molar-refractivity contribution in [3.8, 4) is 0 Å². The number of halogens is 2. The first-order valence-electron chi connectivity index (χ1n) is 5.12. The van der Waals surface area contributed by atoms with Gasteiger partial charge in [0, 0.05) is 5.88 Å². The van der Waals surface area contributed by atoms with Crippen molar-refractivity contribution in [3.63, 3.8) is 0 Å². The lowest BCUT2D eigenvalue weighted by molar-refractivity contribution is 0.131. The van der Waals surface area contributed by atoms with Gasteiger partial charge < -0.3 is 0 Å². The van der Waals surface area contributed by atoms with Crippen molar-refractivity contribution in [2.24, 2.45) is 11.8 Å². The Morgan fingerprint density at radius 2 is 2.23 bits per heavy atom. The lowest BCUT2D eigenvalue weighted by atomic mass is 9.73. The quantitative estimate of drug-likeness (QED) is 0.470. The van der Waals surface area contributed by atoms with Crippen LogP contribution in [0.4, 0.5) is 4.39 Å². The third-order valence-corrected chi connectivity index (χ3v) is 3.20. The minimum atomic E-state index is -0.783. The van der Waals surface area contributed by atoms with Crippen LogP contribution in [-0.2, 0) is 0 Å². The molecule has 76 valence electrons. The summed E-state index contributed by atoms with van der Waals surface area (Å²) in [7, 11) is 0. The van der Waals surface area contributed by atoms with Crippen LogP contribution in [0.25, 0.3) is 0 Å². The van der Waals surface area contributed by atoms with Gasteiger partial charge in [-0.05, 0) is 25.2 Å². The van der Waals surface area contributed by atoms with Gasteiger partial charge in [-0.15, -0.1) is 11.6 Å². The molecule has 0 aromatic carbocycles. The number of rotatable bonds is 5. The Labute approximate surface area is 85.2 Å². The molecule has 0 saturated heterocycles. The second kappa shape index (κ2) is 5.64. The highest BCUT2D eigenvalue weighted by Crippen LogP contribution is 2.38. The highest BCUT2D eigenvalue weighted by Gasteiger charge is 2.31. The fraction of sp³-hybridized carbons (Fsp3) is 0.818. The molecule has 0 bridgehead atoms. The van der Waals surface area contributed by atoms with Crippen molar-refractivity contribution in [1.82, 2.24) is 0 Å². The predicted octanol–water partition coefficient (Wildman–Crippen LogP) is 3.95. The summed E-state index contributed by atoms with van der Waals surface area (Å²) in [5.74, 6) is 1.34. The molecule has 0 N–H and O–H groups in total. The summed E-state index contributed by atoms with van der Waals surface area (Å²) in [4.78, 5) is 0. The Morgan fingerprint density at radius 1 is 1.54 bits per heavy atom. The highest BCUT2D eigenvalue weighted by molar-refractivity contribution is 6.17. The third-order valence-electron chi connectivity index (χ3n) is 2.98. The first-order valence-corrected chi connectivity index (χ1v) is 5.66. The van der Waals surface area contributed by atoms with Crippen LogP contribution in [-0.4, -0.2) is 12.1 Å². The first kappa shape index (κ1) is 11.0. The molecule has 0 amide bonds. The molecule has 0 radical (unpaired) electrons. The summed E-state index contributed by atoms with van der Waals surface area (Å²) in [6.07, 6.45) is 7.15. The molecule has 1 fully saturated rings. The Balaban J connectivity index is 2.44. The molecule has 2 heteroatoms. The van der Waals surface area contributed by atoms with Crippen molar-refractivity contribution < 1.29 is 4.39 Å². The van der Waals surface area contributed by atoms with Gasteiger partial charge in [-0.1, -0.05) is 31.4 Å². The molecule has 0 heterocycles. The molecule has 1 rings (SSSR count). The summed E-state index contributed by atoms with van der Waals surface area (Å²) in [5, 5.41) is 0. The standard InChI is InChI=1S/C11H18ClF/c1-2-4-11(13)10(7-8-12)9-5-3-6-9/h2,4,9-11H,3,5-8H2,1H3/b4-2-. The maximum atomic E-state index is 13.6. The van der Waals surface area contributed by atoms with E-state index in [-0.39, 0.29) is 5.92 Å². The van der Waals surface area contributed by atoms with Gasteiger partial charge in [0.2, 0.25) is 0 Å². The summed E-state index contributed by atoms with van der Waals surface area (Å²) < 4.78 is 13.6. The molecule has 0 aromatic heterocycles. The molecule has 2 unspecified atom stereocenters. The zero-order valence-corrected chi connectivity index (χ0v) is 8.93. The van der Waals surface area contributed by atoms with Gasteiger partial charge >= 0.3 is 0 Å². The van der Waals surface area contributed by atoms with E-state index in [0.717, 1.165) is 6.42 Å². The van der Waals surface area contributed by atoms with Gasteiger partial charge in [0.05, 0.1) is 0 Å². The molecular weight excluding hydrogens is 187 g/mol. The fourth-order valence-electron chi connectivity index (χ4n) is 1.98. The normalized spacial score (nSPS) is 23.0. The van der Waals surface area contributed by atoms with Gasteiger partial charge in [0.1, 0.15) is 6.17 Å². The van der Waals surface area contributed by atoms with Crippen LogP contribution in [0.3, 0.4) is 0 Å². The number of allylic oxidation sites excluding steroid dienone is 2. The smallest absolute Gasteiger partial charge is 0.121 e. The van der Waals surface area contributed by atoms with E-state index in [1.165, 1.54) is 19.3 Å². The number of hydrogen-bond acceptors (Lipinski definition) is 0. The lowest BCUT2D eigenvalue weighted by Gasteiger charge is -2.34. The maximum Gasteiger partial charge on any atom is 0.121 e. The average Bonchev–Trinajstić information content (AvgIpc) is 2.01. The largest absolute Gasteiger partial charge is 0.243 e. The SMILES string of the molecule is C/C=C\C(F)C(CCCl)C1CCC1. The molecular formula is C11H18ClF. The van der Waals surface area contributed by atoms with Crippen molar-refractivity contribution in [3.05, 3.63) is 12.2 Å². The third kappa shape index (κ3) is 2.98. The summed E-state index contributed by atoms with van der Waals surface area (Å²) >= 11 is 5.67. The monoisotopic (exact) mass is 204 g/mol.